The van der Waals surface area contributed by atoms with Gasteiger partial charge in [-0.3, -0.25) is 9.59 Å². The number of anilines is 2. The van der Waals surface area contributed by atoms with E-state index in [1.165, 1.54) is 17.0 Å². The van der Waals surface area contributed by atoms with Crippen LogP contribution in [-0.4, -0.2) is 36.0 Å². The number of aromatic hydroxyl groups is 1. The van der Waals surface area contributed by atoms with Crippen molar-refractivity contribution in [1.29, 1.82) is 0 Å². The quantitative estimate of drug-likeness (QED) is 0.791. The molecule has 0 aliphatic carbocycles. The van der Waals surface area contributed by atoms with Gasteiger partial charge in [0.05, 0.1) is 18.1 Å². The molecule has 0 radical (unpaired) electrons. The van der Waals surface area contributed by atoms with E-state index < -0.39 is 11.9 Å². The van der Waals surface area contributed by atoms with Crippen molar-refractivity contribution in [2.75, 3.05) is 23.4 Å². The Morgan fingerprint density at radius 2 is 1.96 bits per heavy atom. The van der Waals surface area contributed by atoms with Gasteiger partial charge in [0.2, 0.25) is 11.8 Å². The van der Waals surface area contributed by atoms with Crippen LogP contribution in [0.25, 0.3) is 0 Å². The first-order chi connectivity index (χ1) is 13.0. The third-order valence-corrected chi connectivity index (χ3v) is 4.30. The number of ether oxygens (including phenoxy) is 1. The second-order valence-electron chi connectivity index (χ2n) is 6.21. The minimum Gasteiger partial charge on any atom is -0.508 e. The molecular weight excluding hydrogens is 348 g/mol. The lowest BCUT2D eigenvalue weighted by atomic mass is 10.1. The average molecular weight is 368 g/mol. The highest BCUT2D eigenvalue weighted by Gasteiger charge is 2.35. The Kier molecular flexibility index (Phi) is 5.40. The van der Waals surface area contributed by atoms with Gasteiger partial charge in [-0.25, -0.2) is 4.79 Å². The molecule has 0 saturated carbocycles. The van der Waals surface area contributed by atoms with Gasteiger partial charge in [-0.1, -0.05) is 6.07 Å². The van der Waals surface area contributed by atoms with Gasteiger partial charge in [-0.15, -0.1) is 0 Å². The molecule has 1 aliphatic rings. The van der Waals surface area contributed by atoms with Crippen LogP contribution in [0.1, 0.15) is 23.7 Å². The van der Waals surface area contributed by atoms with Crippen LogP contribution in [0.3, 0.4) is 0 Å². The third-order valence-electron chi connectivity index (χ3n) is 4.30. The number of esters is 1. The average Bonchev–Trinajstić information content (AvgIpc) is 3.04. The molecule has 1 heterocycles. The molecule has 7 nitrogen and oxygen atoms in total. The number of hydrogen-bond donors (Lipinski definition) is 2. The number of phenols is 1. The lowest BCUT2D eigenvalue weighted by molar-refractivity contribution is -0.122. The number of hydrogen-bond acceptors (Lipinski definition) is 5. The molecule has 2 N–H and O–H groups in total. The minimum atomic E-state index is -0.496. The van der Waals surface area contributed by atoms with Gasteiger partial charge in [0.25, 0.3) is 0 Å². The summed E-state index contributed by atoms with van der Waals surface area (Å²) in [5.41, 5.74) is 1.51. The van der Waals surface area contributed by atoms with Crippen molar-refractivity contribution in [3.8, 4) is 5.75 Å². The highest BCUT2D eigenvalue weighted by Crippen LogP contribution is 2.27. The van der Waals surface area contributed by atoms with Gasteiger partial charge in [0.15, 0.2) is 0 Å². The monoisotopic (exact) mass is 368 g/mol. The van der Waals surface area contributed by atoms with E-state index in [0.717, 1.165) is 0 Å². The maximum absolute atomic E-state index is 12.4. The fourth-order valence-electron chi connectivity index (χ4n) is 2.95. The Bertz CT molecular complexity index is 863. The highest BCUT2D eigenvalue weighted by molar-refractivity contribution is 6.03. The van der Waals surface area contributed by atoms with Crippen LogP contribution in [0.15, 0.2) is 48.5 Å². The molecular formula is C20H20N2O5. The van der Waals surface area contributed by atoms with E-state index in [1.807, 2.05) is 0 Å². The molecule has 2 amide bonds. The number of phenolic OH excluding ortho intramolecular Hbond substituents is 1. The van der Waals surface area contributed by atoms with Crippen molar-refractivity contribution in [3.63, 3.8) is 0 Å². The Labute approximate surface area is 156 Å². The van der Waals surface area contributed by atoms with Crippen molar-refractivity contribution in [2.24, 2.45) is 5.92 Å². The van der Waals surface area contributed by atoms with Crippen molar-refractivity contribution in [2.45, 2.75) is 13.3 Å². The van der Waals surface area contributed by atoms with Crippen LogP contribution in [0, 0.1) is 5.92 Å². The summed E-state index contributed by atoms with van der Waals surface area (Å²) in [6, 6.07) is 12.8. The number of nitrogens with one attached hydrogen (secondary N) is 1. The lowest BCUT2D eigenvalue weighted by Crippen LogP contribution is -2.28. The van der Waals surface area contributed by atoms with Crippen molar-refractivity contribution in [3.05, 3.63) is 54.1 Å². The fourth-order valence-corrected chi connectivity index (χ4v) is 2.95. The van der Waals surface area contributed by atoms with Gasteiger partial charge in [0, 0.05) is 30.4 Å². The Morgan fingerprint density at radius 1 is 1.22 bits per heavy atom. The predicted molar refractivity (Wildman–Crippen MR) is 99.6 cm³/mol. The molecule has 1 saturated heterocycles. The van der Waals surface area contributed by atoms with Crippen molar-refractivity contribution in [1.82, 2.24) is 0 Å². The molecule has 0 unspecified atom stereocenters. The summed E-state index contributed by atoms with van der Waals surface area (Å²) >= 11 is 0. The summed E-state index contributed by atoms with van der Waals surface area (Å²) < 4.78 is 4.94. The molecule has 0 bridgehead atoms. The maximum atomic E-state index is 12.4. The molecule has 3 rings (SSSR count). The predicted octanol–water partition coefficient (Wildman–Crippen LogP) is 2.56. The highest BCUT2D eigenvalue weighted by atomic mass is 16.5. The number of carbonyl (C=O) groups excluding carboxylic acids is 3. The zero-order valence-corrected chi connectivity index (χ0v) is 14.8. The van der Waals surface area contributed by atoms with E-state index >= 15 is 0 Å². The maximum Gasteiger partial charge on any atom is 0.338 e. The smallest absolute Gasteiger partial charge is 0.338 e. The molecule has 1 fully saturated rings. The molecule has 2 aromatic rings. The number of benzene rings is 2. The van der Waals surface area contributed by atoms with Gasteiger partial charge in [0.1, 0.15) is 5.75 Å². The standard InChI is InChI=1S/C20H20N2O5/c1-2-27-20(26)13-6-8-16(9-7-13)22-12-14(10-18(22)24)19(25)21-15-4-3-5-17(23)11-15/h3-9,11,14,23H,2,10,12H2,1H3,(H,21,25)/t14-/m0/s1. The number of amides is 2. The van der Waals surface area contributed by atoms with Crippen LogP contribution in [0.2, 0.25) is 0 Å². The Hall–Kier alpha value is -3.35. The molecule has 1 atom stereocenters. The molecule has 1 aliphatic heterocycles. The van der Waals surface area contributed by atoms with Crippen LogP contribution in [-0.2, 0) is 14.3 Å². The van der Waals surface area contributed by atoms with E-state index in [2.05, 4.69) is 5.32 Å². The summed E-state index contributed by atoms with van der Waals surface area (Å²) in [6.45, 7) is 2.28. The van der Waals surface area contributed by atoms with Crippen LogP contribution < -0.4 is 10.2 Å². The number of carbonyl (C=O) groups is 3. The summed E-state index contributed by atoms with van der Waals surface area (Å²) in [5.74, 6) is -1.29. The number of nitrogens with zero attached hydrogens (tertiary/aromatic N) is 1. The zero-order valence-electron chi connectivity index (χ0n) is 14.8. The Balaban J connectivity index is 1.66. The van der Waals surface area contributed by atoms with E-state index in [0.29, 0.717) is 23.5 Å². The zero-order chi connectivity index (χ0) is 19.4. The SMILES string of the molecule is CCOC(=O)c1ccc(N2C[C@@H](C(=O)Nc3cccc(O)c3)CC2=O)cc1. The summed E-state index contributed by atoms with van der Waals surface area (Å²) in [4.78, 5) is 38.0. The first kappa shape index (κ1) is 18.4. The minimum absolute atomic E-state index is 0.0543. The van der Waals surface area contributed by atoms with Gasteiger partial charge in [-0.2, -0.15) is 0 Å². The normalized spacial score (nSPS) is 16.3. The molecule has 27 heavy (non-hydrogen) atoms. The second-order valence-corrected chi connectivity index (χ2v) is 6.21. The molecule has 140 valence electrons. The van der Waals surface area contributed by atoms with Gasteiger partial charge >= 0.3 is 5.97 Å². The van der Waals surface area contributed by atoms with E-state index in [-0.39, 0.29) is 30.5 Å². The lowest BCUT2D eigenvalue weighted by Gasteiger charge is -2.17. The number of rotatable bonds is 5. The first-order valence-electron chi connectivity index (χ1n) is 8.65. The van der Waals surface area contributed by atoms with Gasteiger partial charge in [-0.05, 0) is 43.3 Å². The third kappa shape index (κ3) is 4.25. The Morgan fingerprint density at radius 3 is 2.63 bits per heavy atom. The molecule has 2 aromatic carbocycles. The van der Waals surface area contributed by atoms with Crippen LogP contribution in [0.5, 0.6) is 5.75 Å². The summed E-state index contributed by atoms with van der Waals surface area (Å²) in [7, 11) is 0. The van der Waals surface area contributed by atoms with E-state index in [1.54, 1.807) is 43.3 Å². The van der Waals surface area contributed by atoms with E-state index in [4.69, 9.17) is 4.74 Å². The molecule has 7 heteroatoms. The van der Waals surface area contributed by atoms with E-state index in [9.17, 15) is 19.5 Å². The summed E-state index contributed by atoms with van der Waals surface area (Å²) in [5, 5.41) is 12.2. The largest absolute Gasteiger partial charge is 0.508 e. The van der Waals surface area contributed by atoms with Crippen LogP contribution >= 0.6 is 0 Å². The molecule has 0 spiro atoms. The van der Waals surface area contributed by atoms with Crippen molar-refractivity contribution >= 4 is 29.2 Å². The van der Waals surface area contributed by atoms with Crippen molar-refractivity contribution < 1.29 is 24.2 Å². The molecule has 0 aromatic heterocycles. The first-order valence-corrected chi connectivity index (χ1v) is 8.65. The summed E-state index contributed by atoms with van der Waals surface area (Å²) in [6.07, 6.45) is 0.101. The van der Waals surface area contributed by atoms with Crippen LogP contribution in [0.4, 0.5) is 11.4 Å². The van der Waals surface area contributed by atoms with Gasteiger partial charge < -0.3 is 20.1 Å². The fraction of sp³-hybridized carbons (Fsp3) is 0.250. The topological polar surface area (TPSA) is 95.9 Å². The second kappa shape index (κ2) is 7.90.